The zero-order chi connectivity index (χ0) is 12.3. The molecule has 2 aromatic rings. The minimum Gasteiger partial charge on any atom is -0.342 e. The van der Waals surface area contributed by atoms with Crippen molar-refractivity contribution in [1.29, 1.82) is 0 Å². The first-order valence-electron chi connectivity index (χ1n) is 5.64. The highest BCUT2D eigenvalue weighted by Crippen LogP contribution is 2.22. The van der Waals surface area contributed by atoms with Gasteiger partial charge in [0.2, 0.25) is 0 Å². The van der Waals surface area contributed by atoms with Gasteiger partial charge in [0, 0.05) is 41.4 Å². The van der Waals surface area contributed by atoms with Crippen LogP contribution < -0.4 is 5.32 Å². The van der Waals surface area contributed by atoms with Gasteiger partial charge >= 0.3 is 0 Å². The highest BCUT2D eigenvalue weighted by molar-refractivity contribution is 9.10. The largest absolute Gasteiger partial charge is 0.342 e. The van der Waals surface area contributed by atoms with Crippen LogP contribution in [0.4, 0.5) is 0 Å². The number of halogens is 1. The second-order valence-electron chi connectivity index (χ2n) is 4.33. The molecule has 0 atom stereocenters. The molecule has 0 spiro atoms. The first-order valence-corrected chi connectivity index (χ1v) is 6.43. The van der Waals surface area contributed by atoms with Gasteiger partial charge in [0.25, 0.3) is 0 Å². The second-order valence-corrected chi connectivity index (χ2v) is 5.18. The number of fused-ring (bicyclic) bond motifs is 1. The summed E-state index contributed by atoms with van der Waals surface area (Å²) in [5, 5.41) is 4.53. The van der Waals surface area contributed by atoms with Gasteiger partial charge in [-0.25, -0.2) is 4.98 Å². The maximum absolute atomic E-state index is 4.30. The average molecular weight is 297 g/mol. The van der Waals surface area contributed by atoms with Gasteiger partial charge < -0.3 is 15.2 Å². The Morgan fingerprint density at radius 1 is 1.47 bits per heavy atom. The van der Waals surface area contributed by atoms with Crippen molar-refractivity contribution in [3.8, 4) is 0 Å². The number of aromatic amines is 1. The predicted molar refractivity (Wildman–Crippen MR) is 74.1 cm³/mol. The summed E-state index contributed by atoms with van der Waals surface area (Å²) in [6.07, 6.45) is 1.80. The van der Waals surface area contributed by atoms with E-state index in [1.165, 1.54) is 0 Å². The predicted octanol–water partition coefficient (Wildman–Crippen LogP) is 1.98. The number of hydrogen-bond acceptors (Lipinski definition) is 3. The lowest BCUT2D eigenvalue weighted by atomic mass is 10.3. The molecule has 0 amide bonds. The summed E-state index contributed by atoms with van der Waals surface area (Å²) in [6, 6.07) is 4.09. The molecule has 0 bridgehead atoms. The topological polar surface area (TPSA) is 44.0 Å². The van der Waals surface area contributed by atoms with E-state index in [4.69, 9.17) is 0 Å². The molecule has 92 valence electrons. The van der Waals surface area contributed by atoms with E-state index in [-0.39, 0.29) is 0 Å². The van der Waals surface area contributed by atoms with Crippen LogP contribution in [0.5, 0.6) is 0 Å². The van der Waals surface area contributed by atoms with E-state index < -0.39 is 0 Å². The molecule has 4 nitrogen and oxygen atoms in total. The fourth-order valence-electron chi connectivity index (χ4n) is 1.67. The Bertz CT molecular complexity index is 492. The number of hydrogen-bond donors (Lipinski definition) is 2. The lowest BCUT2D eigenvalue weighted by Crippen LogP contribution is -2.26. The lowest BCUT2D eigenvalue weighted by Gasteiger charge is -2.09. The highest BCUT2D eigenvalue weighted by Gasteiger charge is 2.04. The van der Waals surface area contributed by atoms with Gasteiger partial charge in [-0.05, 0) is 42.2 Å². The first kappa shape index (κ1) is 12.5. The van der Waals surface area contributed by atoms with Crippen LogP contribution in [0.2, 0.25) is 0 Å². The number of H-pyrrole nitrogens is 1. The van der Waals surface area contributed by atoms with Crippen LogP contribution in [-0.2, 0) is 6.54 Å². The van der Waals surface area contributed by atoms with Gasteiger partial charge in [0.05, 0.1) is 0 Å². The van der Waals surface area contributed by atoms with Crippen LogP contribution in [-0.4, -0.2) is 42.1 Å². The molecule has 2 N–H and O–H groups in total. The fourth-order valence-corrected chi connectivity index (χ4v) is 2.09. The van der Waals surface area contributed by atoms with Gasteiger partial charge in [0.1, 0.15) is 5.65 Å². The molecule has 0 aromatic carbocycles. The Kier molecular flexibility index (Phi) is 4.15. The molecule has 0 fully saturated rings. The normalized spacial score (nSPS) is 11.5. The Balaban J connectivity index is 1.98. The van der Waals surface area contributed by atoms with Gasteiger partial charge in [0.15, 0.2) is 0 Å². The van der Waals surface area contributed by atoms with Crippen LogP contribution in [0.3, 0.4) is 0 Å². The molecule has 0 radical (unpaired) electrons. The molecule has 2 aromatic heterocycles. The van der Waals surface area contributed by atoms with Crippen molar-refractivity contribution < 1.29 is 0 Å². The molecule has 5 heteroatoms. The minimum atomic E-state index is 0.844. The molecule has 0 unspecified atom stereocenters. The third-order valence-corrected chi connectivity index (χ3v) is 3.28. The second kappa shape index (κ2) is 5.62. The Hall–Kier alpha value is -0.910. The van der Waals surface area contributed by atoms with E-state index in [9.17, 15) is 0 Å². The number of likely N-dealkylation sites (N-methyl/N-ethyl adjacent to an activating group) is 1. The van der Waals surface area contributed by atoms with E-state index in [2.05, 4.69) is 56.3 Å². The highest BCUT2D eigenvalue weighted by atomic mass is 79.9. The summed E-state index contributed by atoms with van der Waals surface area (Å²) < 4.78 is 1.08. The smallest absolute Gasteiger partial charge is 0.138 e. The minimum absolute atomic E-state index is 0.844. The monoisotopic (exact) mass is 296 g/mol. The van der Waals surface area contributed by atoms with Crippen LogP contribution in [0, 0.1) is 0 Å². The Labute approximate surface area is 110 Å². The number of nitrogens with one attached hydrogen (secondary N) is 2. The molecule has 0 saturated heterocycles. The van der Waals surface area contributed by atoms with Crippen molar-refractivity contribution in [2.24, 2.45) is 0 Å². The zero-order valence-corrected chi connectivity index (χ0v) is 11.7. The maximum atomic E-state index is 4.30. The molecule has 17 heavy (non-hydrogen) atoms. The third kappa shape index (κ3) is 3.28. The van der Waals surface area contributed by atoms with Gasteiger partial charge in [-0.1, -0.05) is 0 Å². The van der Waals surface area contributed by atoms with Crippen molar-refractivity contribution in [2.45, 2.75) is 6.54 Å². The average Bonchev–Trinajstić information content (AvgIpc) is 2.69. The number of pyridine rings is 1. The molecule has 0 aliphatic carbocycles. The van der Waals surface area contributed by atoms with E-state index in [0.29, 0.717) is 0 Å². The summed E-state index contributed by atoms with van der Waals surface area (Å²) in [7, 11) is 4.15. The molecular weight excluding hydrogens is 280 g/mol. The van der Waals surface area contributed by atoms with Crippen LogP contribution >= 0.6 is 15.9 Å². The lowest BCUT2D eigenvalue weighted by molar-refractivity contribution is 0.399. The van der Waals surface area contributed by atoms with Crippen LogP contribution in [0.15, 0.2) is 22.8 Å². The molecule has 0 saturated carbocycles. The quantitative estimate of drug-likeness (QED) is 0.829. The summed E-state index contributed by atoms with van der Waals surface area (Å²) in [5.74, 6) is 0. The maximum Gasteiger partial charge on any atom is 0.138 e. The van der Waals surface area contributed by atoms with Gasteiger partial charge in [-0.15, -0.1) is 0 Å². The summed E-state index contributed by atoms with van der Waals surface area (Å²) >= 11 is 3.52. The Morgan fingerprint density at radius 2 is 2.29 bits per heavy atom. The van der Waals surface area contributed by atoms with E-state index in [1.54, 1.807) is 6.20 Å². The molecule has 2 heterocycles. The van der Waals surface area contributed by atoms with Crippen molar-refractivity contribution in [3.05, 3.63) is 28.5 Å². The van der Waals surface area contributed by atoms with Crippen molar-refractivity contribution in [3.63, 3.8) is 0 Å². The van der Waals surface area contributed by atoms with E-state index in [1.807, 2.05) is 6.07 Å². The third-order valence-electron chi connectivity index (χ3n) is 2.59. The first-order chi connectivity index (χ1) is 8.16. The summed E-state index contributed by atoms with van der Waals surface area (Å²) in [4.78, 5) is 9.77. The fraction of sp³-hybridized carbons (Fsp3) is 0.417. The molecule has 0 aliphatic rings. The molecule has 2 rings (SSSR count). The van der Waals surface area contributed by atoms with E-state index in [0.717, 1.165) is 40.8 Å². The van der Waals surface area contributed by atoms with E-state index >= 15 is 0 Å². The summed E-state index contributed by atoms with van der Waals surface area (Å²) in [6.45, 7) is 2.87. The van der Waals surface area contributed by atoms with Crippen molar-refractivity contribution >= 4 is 27.0 Å². The molecular formula is C12H17BrN4. The van der Waals surface area contributed by atoms with Crippen molar-refractivity contribution in [1.82, 2.24) is 20.2 Å². The SMILES string of the molecule is CN(C)CCNCc1cc2c(Br)ccnc2[nH]1. The Morgan fingerprint density at radius 3 is 3.00 bits per heavy atom. The number of nitrogens with zero attached hydrogens (tertiary/aromatic N) is 2. The number of aromatic nitrogens is 2. The summed E-state index contributed by atoms with van der Waals surface area (Å²) in [5.41, 5.74) is 2.10. The van der Waals surface area contributed by atoms with Crippen LogP contribution in [0.1, 0.15) is 5.69 Å². The van der Waals surface area contributed by atoms with Gasteiger partial charge in [-0.3, -0.25) is 0 Å². The van der Waals surface area contributed by atoms with Crippen molar-refractivity contribution in [2.75, 3.05) is 27.2 Å². The number of rotatable bonds is 5. The molecule has 0 aliphatic heterocycles. The van der Waals surface area contributed by atoms with Crippen LogP contribution in [0.25, 0.3) is 11.0 Å². The zero-order valence-electron chi connectivity index (χ0n) is 10.1. The van der Waals surface area contributed by atoms with Gasteiger partial charge in [-0.2, -0.15) is 0 Å². The standard InChI is InChI=1S/C12H17BrN4/c1-17(2)6-5-14-8-9-7-10-11(13)3-4-15-12(10)16-9/h3-4,7,14H,5-6,8H2,1-2H3,(H,15,16).